The fraction of sp³-hybridized carbons (Fsp3) is 0.379. The zero-order chi connectivity index (χ0) is 28.6. The Balaban J connectivity index is 1.36. The Kier molecular flexibility index (Phi) is 9.49. The molecule has 11 heteroatoms. The van der Waals surface area contributed by atoms with Crippen LogP contribution < -0.4 is 21.3 Å². The number of hydrogen-bond acceptors (Lipinski definition) is 6. The van der Waals surface area contributed by atoms with Crippen molar-refractivity contribution in [2.75, 3.05) is 32.1 Å². The van der Waals surface area contributed by atoms with Crippen molar-refractivity contribution in [2.45, 2.75) is 44.6 Å². The molecule has 5 amide bonds. The molecule has 10 nitrogen and oxygen atoms in total. The lowest BCUT2D eigenvalue weighted by molar-refractivity contribution is -0.136. The van der Waals surface area contributed by atoms with Crippen molar-refractivity contribution in [2.24, 2.45) is 0 Å². The predicted molar refractivity (Wildman–Crippen MR) is 147 cm³/mol. The van der Waals surface area contributed by atoms with Crippen molar-refractivity contribution in [3.63, 3.8) is 0 Å². The number of amides is 5. The molecule has 1 saturated heterocycles. The Morgan fingerprint density at radius 2 is 1.80 bits per heavy atom. The smallest absolute Gasteiger partial charge is 0.337 e. The summed E-state index contributed by atoms with van der Waals surface area (Å²) >= 11 is 0. The lowest BCUT2D eigenvalue weighted by Crippen LogP contribution is -2.54. The van der Waals surface area contributed by atoms with E-state index in [1.807, 2.05) is 18.2 Å². The summed E-state index contributed by atoms with van der Waals surface area (Å²) in [6.45, 7) is 3.60. The molecule has 1 unspecified atom stereocenters. The van der Waals surface area contributed by atoms with Crippen LogP contribution in [0.1, 0.15) is 55.7 Å². The maximum atomic E-state index is 13.6. The largest absolute Gasteiger partial charge is 0.466 e. The number of carbonyl (C=O) groups excluding carboxylic acids is 4. The Morgan fingerprint density at radius 3 is 2.50 bits per heavy atom. The molecule has 1 fully saturated rings. The zero-order valence-corrected chi connectivity index (χ0v) is 22.6. The van der Waals surface area contributed by atoms with Gasteiger partial charge < -0.3 is 26.0 Å². The number of methoxy groups -OCH3 is 1. The van der Waals surface area contributed by atoms with E-state index >= 15 is 0 Å². The molecule has 0 bridgehead atoms. The van der Waals surface area contributed by atoms with Crippen LogP contribution in [0, 0.1) is 5.82 Å². The average molecular weight is 552 g/mol. The summed E-state index contributed by atoms with van der Waals surface area (Å²) in [5.74, 6) is -0.956. The fourth-order valence-corrected chi connectivity index (χ4v) is 5.06. The summed E-state index contributed by atoms with van der Waals surface area (Å²) in [6.07, 6.45) is 2.59. The number of ether oxygens (including phenoxy) is 1. The number of allylic oxidation sites excluding steroid dienone is 1. The van der Waals surface area contributed by atoms with Crippen LogP contribution in [0.4, 0.5) is 19.7 Å². The first kappa shape index (κ1) is 28.8. The lowest BCUT2D eigenvalue weighted by Gasteiger charge is -2.36. The summed E-state index contributed by atoms with van der Waals surface area (Å²) in [5.41, 5.74) is 2.58. The summed E-state index contributed by atoms with van der Waals surface area (Å²) in [6, 6.07) is 10.4. The minimum absolute atomic E-state index is 0.0509. The highest BCUT2D eigenvalue weighted by molar-refractivity contribution is 6.01. The molecule has 0 saturated carbocycles. The Labute approximate surface area is 232 Å². The molecular formula is C29H34FN5O5. The number of halogens is 1. The third-order valence-corrected chi connectivity index (χ3v) is 7.10. The second-order valence-electron chi connectivity index (χ2n) is 9.82. The molecule has 0 aromatic heterocycles. The topological polar surface area (TPSA) is 129 Å². The predicted octanol–water partition coefficient (Wildman–Crippen LogP) is 3.93. The van der Waals surface area contributed by atoms with Crippen LogP contribution in [0.2, 0.25) is 0 Å². The maximum absolute atomic E-state index is 13.6. The van der Waals surface area contributed by atoms with Gasteiger partial charge in [-0.3, -0.25) is 4.79 Å². The molecule has 4 N–H and O–H groups in total. The minimum Gasteiger partial charge on any atom is -0.466 e. The average Bonchev–Trinajstić information content (AvgIpc) is 2.95. The van der Waals surface area contributed by atoms with Crippen LogP contribution in [0.3, 0.4) is 0 Å². The van der Waals surface area contributed by atoms with Crippen LogP contribution in [-0.2, 0) is 14.3 Å². The van der Waals surface area contributed by atoms with Crippen molar-refractivity contribution >= 4 is 29.6 Å². The van der Waals surface area contributed by atoms with Crippen molar-refractivity contribution < 1.29 is 28.3 Å². The van der Waals surface area contributed by atoms with Crippen LogP contribution >= 0.6 is 0 Å². The number of hydrogen-bond donors (Lipinski definition) is 4. The van der Waals surface area contributed by atoms with Gasteiger partial charge in [0.1, 0.15) is 11.9 Å². The van der Waals surface area contributed by atoms with E-state index in [1.54, 1.807) is 0 Å². The van der Waals surface area contributed by atoms with Crippen molar-refractivity contribution in [3.8, 4) is 0 Å². The van der Waals surface area contributed by atoms with E-state index in [9.17, 15) is 23.6 Å². The van der Waals surface area contributed by atoms with Gasteiger partial charge >= 0.3 is 18.0 Å². The van der Waals surface area contributed by atoms with Crippen LogP contribution in [0.25, 0.3) is 0 Å². The van der Waals surface area contributed by atoms with Crippen LogP contribution in [-0.4, -0.2) is 55.6 Å². The van der Waals surface area contributed by atoms with Gasteiger partial charge in [-0.15, -0.1) is 0 Å². The minimum atomic E-state index is -1.13. The molecule has 1 atom stereocenters. The normalized spacial score (nSPS) is 17.7. The van der Waals surface area contributed by atoms with Gasteiger partial charge in [0.05, 0.1) is 12.7 Å². The quantitative estimate of drug-likeness (QED) is 0.291. The number of nitrogens with one attached hydrogen (secondary N) is 4. The molecule has 2 aromatic rings. The highest BCUT2D eigenvalue weighted by Crippen LogP contribution is 2.34. The van der Waals surface area contributed by atoms with Gasteiger partial charge in [-0.25, -0.2) is 23.7 Å². The highest BCUT2D eigenvalue weighted by Gasteiger charge is 2.41. The van der Waals surface area contributed by atoms with Crippen molar-refractivity contribution in [1.29, 1.82) is 0 Å². The lowest BCUT2D eigenvalue weighted by atomic mass is 9.90. The SMILES string of the molecule is COC(=O)C1=C(C)NC(=O)N(C(=O)NCCCC(=O)Nc2cccc(C3CCNCC3)c2)C1c1ccc(F)cc1. The summed E-state index contributed by atoms with van der Waals surface area (Å²) in [5, 5.41) is 11.4. The molecular weight excluding hydrogens is 517 g/mol. The van der Waals surface area contributed by atoms with Gasteiger partial charge in [0.25, 0.3) is 0 Å². The number of rotatable bonds is 8. The number of benzene rings is 2. The summed E-state index contributed by atoms with van der Waals surface area (Å²) in [7, 11) is 1.19. The second-order valence-corrected chi connectivity index (χ2v) is 9.82. The number of urea groups is 2. The number of anilines is 1. The van der Waals surface area contributed by atoms with E-state index < -0.39 is 29.9 Å². The molecule has 2 aromatic carbocycles. The molecule has 212 valence electrons. The molecule has 0 radical (unpaired) electrons. The first-order chi connectivity index (χ1) is 19.3. The Morgan fingerprint density at radius 1 is 1.07 bits per heavy atom. The van der Waals surface area contributed by atoms with Crippen LogP contribution in [0.5, 0.6) is 0 Å². The van der Waals surface area contributed by atoms with E-state index in [4.69, 9.17) is 4.74 Å². The molecule has 2 heterocycles. The molecule has 0 spiro atoms. The third kappa shape index (κ3) is 6.84. The van der Waals surface area contributed by atoms with Gasteiger partial charge in [0.2, 0.25) is 5.91 Å². The van der Waals surface area contributed by atoms with Gasteiger partial charge in [0.15, 0.2) is 0 Å². The molecule has 2 aliphatic heterocycles. The number of carbonyl (C=O) groups is 4. The van der Waals surface area contributed by atoms with Gasteiger partial charge in [-0.1, -0.05) is 24.3 Å². The first-order valence-corrected chi connectivity index (χ1v) is 13.3. The monoisotopic (exact) mass is 551 g/mol. The summed E-state index contributed by atoms with van der Waals surface area (Å²) in [4.78, 5) is 52.0. The van der Waals surface area contributed by atoms with Gasteiger partial charge in [0, 0.05) is 24.4 Å². The first-order valence-electron chi connectivity index (χ1n) is 13.3. The molecule has 0 aliphatic carbocycles. The number of nitrogens with zero attached hydrogens (tertiary/aromatic N) is 1. The van der Waals surface area contributed by atoms with Gasteiger partial charge in [-0.05, 0) is 80.6 Å². The molecule has 4 rings (SSSR count). The zero-order valence-electron chi connectivity index (χ0n) is 22.6. The molecule has 40 heavy (non-hydrogen) atoms. The fourth-order valence-electron chi connectivity index (χ4n) is 5.06. The number of piperidine rings is 1. The van der Waals surface area contributed by atoms with E-state index in [1.165, 1.54) is 43.9 Å². The third-order valence-electron chi connectivity index (χ3n) is 7.10. The van der Waals surface area contributed by atoms with Crippen molar-refractivity contribution in [3.05, 3.63) is 76.7 Å². The van der Waals surface area contributed by atoms with E-state index in [0.29, 0.717) is 17.9 Å². The van der Waals surface area contributed by atoms with Crippen LogP contribution in [0.15, 0.2) is 59.8 Å². The highest BCUT2D eigenvalue weighted by atomic mass is 19.1. The Bertz CT molecular complexity index is 1290. The van der Waals surface area contributed by atoms with E-state index in [0.717, 1.165) is 36.5 Å². The molecule has 2 aliphatic rings. The second kappa shape index (κ2) is 13.2. The number of imide groups is 1. The Hall–Kier alpha value is -4.25. The van der Waals surface area contributed by atoms with E-state index in [2.05, 4.69) is 27.3 Å². The van der Waals surface area contributed by atoms with E-state index in [-0.39, 0.29) is 30.1 Å². The number of esters is 1. The standard InChI is InChI=1S/C29H34FN5O5/c1-18-25(27(37)40-2)26(20-8-10-22(30)11-9-20)35(29(39)33-18)28(38)32-14-4-7-24(36)34-23-6-3-5-21(17-23)19-12-15-31-16-13-19/h3,5-6,8-11,17,19,26,31H,4,7,12-16H2,1-2H3,(H,32,38)(H,33,39)(H,34,36). The summed E-state index contributed by atoms with van der Waals surface area (Å²) < 4.78 is 18.5. The van der Waals surface area contributed by atoms with Gasteiger partial charge in [-0.2, -0.15) is 0 Å². The van der Waals surface area contributed by atoms with Crippen molar-refractivity contribution in [1.82, 2.24) is 20.9 Å². The maximum Gasteiger partial charge on any atom is 0.337 e.